The van der Waals surface area contributed by atoms with Crippen LogP contribution in [0.1, 0.15) is 40.0 Å². The van der Waals surface area contributed by atoms with Crippen molar-refractivity contribution in [2.45, 2.75) is 58.2 Å². The number of piperazine rings is 1. The summed E-state index contributed by atoms with van der Waals surface area (Å²) in [5.41, 5.74) is 0. The molecule has 0 spiro atoms. The summed E-state index contributed by atoms with van der Waals surface area (Å²) in [6.45, 7) is 10.5. The molecular formula is C15H26N2. The summed E-state index contributed by atoms with van der Waals surface area (Å²) in [5.74, 6) is 3.58. The van der Waals surface area contributed by atoms with Crippen molar-refractivity contribution in [3.63, 3.8) is 0 Å². The molecule has 0 aromatic carbocycles. The van der Waals surface area contributed by atoms with Crippen molar-refractivity contribution < 1.29 is 0 Å². The summed E-state index contributed by atoms with van der Waals surface area (Å²) in [5, 5.41) is 0. The van der Waals surface area contributed by atoms with Gasteiger partial charge in [0, 0.05) is 25.2 Å². The van der Waals surface area contributed by atoms with E-state index in [1.54, 1.807) is 0 Å². The van der Waals surface area contributed by atoms with E-state index in [1.165, 1.54) is 38.9 Å². The van der Waals surface area contributed by atoms with Gasteiger partial charge in [-0.15, -0.1) is 6.42 Å². The van der Waals surface area contributed by atoms with Crippen molar-refractivity contribution in [2.24, 2.45) is 5.92 Å². The van der Waals surface area contributed by atoms with Crippen molar-refractivity contribution in [3.8, 4) is 12.3 Å². The van der Waals surface area contributed by atoms with Crippen LogP contribution < -0.4 is 0 Å². The molecule has 0 aromatic heterocycles. The SMILES string of the molecule is C#CC(C(C)C)N1CC2CCCN2CC1CC. The van der Waals surface area contributed by atoms with Crippen molar-refractivity contribution in [3.05, 3.63) is 0 Å². The molecule has 96 valence electrons. The molecule has 0 bridgehead atoms. The van der Waals surface area contributed by atoms with Gasteiger partial charge in [-0.25, -0.2) is 0 Å². The Bertz CT molecular complexity index is 292. The van der Waals surface area contributed by atoms with Crippen LogP contribution in [-0.2, 0) is 0 Å². The smallest absolute Gasteiger partial charge is 0.0738 e. The molecule has 0 amide bonds. The lowest BCUT2D eigenvalue weighted by atomic mass is 9.96. The van der Waals surface area contributed by atoms with Gasteiger partial charge in [0.25, 0.3) is 0 Å². The summed E-state index contributed by atoms with van der Waals surface area (Å²) < 4.78 is 0. The highest BCUT2D eigenvalue weighted by Gasteiger charge is 2.38. The maximum absolute atomic E-state index is 5.75. The Morgan fingerprint density at radius 3 is 2.71 bits per heavy atom. The first kappa shape index (κ1) is 12.9. The van der Waals surface area contributed by atoms with Gasteiger partial charge in [0.1, 0.15) is 0 Å². The van der Waals surface area contributed by atoms with Crippen molar-refractivity contribution >= 4 is 0 Å². The minimum atomic E-state index is 0.322. The second-order valence-corrected chi connectivity index (χ2v) is 5.91. The molecule has 3 unspecified atom stereocenters. The van der Waals surface area contributed by atoms with E-state index in [9.17, 15) is 0 Å². The maximum atomic E-state index is 5.75. The van der Waals surface area contributed by atoms with Crippen LogP contribution >= 0.6 is 0 Å². The first-order chi connectivity index (χ1) is 8.17. The molecule has 2 nitrogen and oxygen atoms in total. The van der Waals surface area contributed by atoms with Crippen molar-refractivity contribution in [2.75, 3.05) is 19.6 Å². The molecule has 2 aliphatic heterocycles. The molecule has 3 atom stereocenters. The topological polar surface area (TPSA) is 6.48 Å². The predicted molar refractivity (Wildman–Crippen MR) is 72.8 cm³/mol. The summed E-state index contributed by atoms with van der Waals surface area (Å²) >= 11 is 0. The fourth-order valence-corrected chi connectivity index (χ4v) is 3.49. The molecule has 2 heteroatoms. The van der Waals surface area contributed by atoms with Crippen LogP contribution in [0.15, 0.2) is 0 Å². The van der Waals surface area contributed by atoms with E-state index in [0.29, 0.717) is 18.0 Å². The van der Waals surface area contributed by atoms with Gasteiger partial charge in [0.05, 0.1) is 6.04 Å². The Morgan fingerprint density at radius 1 is 1.35 bits per heavy atom. The third-order valence-corrected chi connectivity index (χ3v) is 4.47. The molecule has 0 N–H and O–H groups in total. The van der Waals surface area contributed by atoms with E-state index in [1.807, 2.05) is 0 Å². The van der Waals surface area contributed by atoms with Crippen LogP contribution in [0.2, 0.25) is 0 Å². The highest BCUT2D eigenvalue weighted by atomic mass is 15.3. The monoisotopic (exact) mass is 234 g/mol. The first-order valence-corrected chi connectivity index (χ1v) is 7.13. The minimum absolute atomic E-state index is 0.322. The lowest BCUT2D eigenvalue weighted by Gasteiger charge is -2.46. The second-order valence-electron chi connectivity index (χ2n) is 5.91. The van der Waals surface area contributed by atoms with Gasteiger partial charge in [0.2, 0.25) is 0 Å². The molecule has 2 aliphatic rings. The summed E-state index contributed by atoms with van der Waals surface area (Å²) in [7, 11) is 0. The molecule has 2 saturated heterocycles. The Labute approximate surface area is 106 Å². The van der Waals surface area contributed by atoms with Crippen LogP contribution in [0.4, 0.5) is 0 Å². The number of hydrogen-bond acceptors (Lipinski definition) is 2. The quantitative estimate of drug-likeness (QED) is 0.691. The van der Waals surface area contributed by atoms with Gasteiger partial charge in [-0.1, -0.05) is 26.7 Å². The van der Waals surface area contributed by atoms with Gasteiger partial charge in [-0.2, -0.15) is 0 Å². The fraction of sp³-hybridized carbons (Fsp3) is 0.867. The molecule has 17 heavy (non-hydrogen) atoms. The number of fused-ring (bicyclic) bond motifs is 1. The molecule has 0 radical (unpaired) electrons. The molecular weight excluding hydrogens is 208 g/mol. The maximum Gasteiger partial charge on any atom is 0.0738 e. The predicted octanol–water partition coefficient (Wildman–Crippen LogP) is 2.20. The number of hydrogen-bond donors (Lipinski definition) is 0. The van der Waals surface area contributed by atoms with E-state index in [2.05, 4.69) is 36.5 Å². The zero-order chi connectivity index (χ0) is 12.4. The Hall–Kier alpha value is -0.520. The Balaban J connectivity index is 2.11. The van der Waals surface area contributed by atoms with Crippen LogP contribution in [-0.4, -0.2) is 47.6 Å². The lowest BCUT2D eigenvalue weighted by Crippen LogP contribution is -2.59. The largest absolute Gasteiger partial charge is 0.298 e. The zero-order valence-electron chi connectivity index (χ0n) is 11.5. The van der Waals surface area contributed by atoms with Gasteiger partial charge in [-0.05, 0) is 31.7 Å². The highest BCUT2D eigenvalue weighted by molar-refractivity contribution is 5.06. The van der Waals surface area contributed by atoms with Gasteiger partial charge in [0.15, 0.2) is 0 Å². The number of nitrogens with zero attached hydrogens (tertiary/aromatic N) is 2. The number of terminal acetylenes is 1. The summed E-state index contributed by atoms with van der Waals surface area (Å²) in [6.07, 6.45) is 9.71. The second kappa shape index (κ2) is 5.42. The molecule has 0 saturated carbocycles. The average Bonchev–Trinajstić information content (AvgIpc) is 2.75. The first-order valence-electron chi connectivity index (χ1n) is 7.13. The zero-order valence-corrected chi connectivity index (χ0v) is 11.5. The summed E-state index contributed by atoms with van der Waals surface area (Å²) in [4.78, 5) is 5.29. The van der Waals surface area contributed by atoms with E-state index < -0.39 is 0 Å². The van der Waals surface area contributed by atoms with E-state index in [-0.39, 0.29) is 0 Å². The molecule has 2 rings (SSSR count). The Morgan fingerprint density at radius 2 is 2.12 bits per heavy atom. The van der Waals surface area contributed by atoms with Crippen molar-refractivity contribution in [1.82, 2.24) is 9.80 Å². The lowest BCUT2D eigenvalue weighted by molar-refractivity contribution is 0.0221. The Kier molecular flexibility index (Phi) is 4.12. The normalized spacial score (nSPS) is 32.4. The molecule has 2 fully saturated rings. The van der Waals surface area contributed by atoms with Crippen molar-refractivity contribution in [1.29, 1.82) is 0 Å². The van der Waals surface area contributed by atoms with Crippen LogP contribution in [0.3, 0.4) is 0 Å². The van der Waals surface area contributed by atoms with Crippen LogP contribution in [0, 0.1) is 18.3 Å². The van der Waals surface area contributed by atoms with E-state index >= 15 is 0 Å². The van der Waals surface area contributed by atoms with Gasteiger partial charge < -0.3 is 0 Å². The standard InChI is InChI=1S/C15H26N2/c1-5-13-10-16-9-7-8-14(16)11-17(13)15(6-2)12(3)4/h2,12-15H,5,7-11H2,1,3-4H3. The van der Waals surface area contributed by atoms with Gasteiger partial charge in [-0.3, -0.25) is 9.80 Å². The fourth-order valence-electron chi connectivity index (χ4n) is 3.49. The number of rotatable bonds is 3. The average molecular weight is 234 g/mol. The molecule has 2 heterocycles. The van der Waals surface area contributed by atoms with E-state index in [0.717, 1.165) is 6.04 Å². The van der Waals surface area contributed by atoms with Crippen LogP contribution in [0.25, 0.3) is 0 Å². The summed E-state index contributed by atoms with van der Waals surface area (Å²) in [6, 6.07) is 1.75. The third kappa shape index (κ3) is 2.51. The van der Waals surface area contributed by atoms with Crippen LogP contribution in [0.5, 0.6) is 0 Å². The third-order valence-electron chi connectivity index (χ3n) is 4.47. The molecule has 0 aliphatic carbocycles. The highest BCUT2D eigenvalue weighted by Crippen LogP contribution is 2.28. The molecule has 0 aromatic rings. The van der Waals surface area contributed by atoms with E-state index in [4.69, 9.17) is 6.42 Å². The van der Waals surface area contributed by atoms with Gasteiger partial charge >= 0.3 is 0 Å². The minimum Gasteiger partial charge on any atom is -0.298 e.